The number of benzene rings is 1. The predicted octanol–water partition coefficient (Wildman–Crippen LogP) is 10.5. The Morgan fingerprint density at radius 1 is 0.681 bits per heavy atom. The molecule has 3 nitrogen and oxygen atoms in total. The van der Waals surface area contributed by atoms with Crippen molar-refractivity contribution in [1.82, 2.24) is 0 Å². The second-order valence-corrected chi connectivity index (χ2v) is 11.4. The maximum Gasteiger partial charge on any atom is 0.460 e. The Balaban J connectivity index is 2.63. The lowest BCUT2D eigenvalue weighted by Gasteiger charge is -2.39. The van der Waals surface area contributed by atoms with Crippen LogP contribution in [-0.4, -0.2) is 54.8 Å². The first-order valence-electron chi connectivity index (χ1n) is 14.4. The van der Waals surface area contributed by atoms with E-state index in [1.807, 2.05) is 52.0 Å². The van der Waals surface area contributed by atoms with Gasteiger partial charge in [-0.1, -0.05) is 57.2 Å². The average molecular weight is 705 g/mol. The lowest BCUT2D eigenvalue weighted by Crippen LogP contribution is -2.70. The minimum atomic E-state index is -7.91. The number of aldehydes is 1. The van der Waals surface area contributed by atoms with Crippen molar-refractivity contribution in [3.05, 3.63) is 54.1 Å². The lowest BCUT2D eigenvalue weighted by molar-refractivity contribution is -0.440. The Morgan fingerprint density at radius 2 is 1.19 bits per heavy atom. The van der Waals surface area contributed by atoms with Gasteiger partial charge in [0.15, 0.2) is 0 Å². The van der Waals surface area contributed by atoms with E-state index < -0.39 is 55.2 Å². The third-order valence-electron chi connectivity index (χ3n) is 7.23. The molecule has 0 aliphatic rings. The second kappa shape index (κ2) is 16.6. The molecule has 1 rings (SSSR count). The Bertz CT molecular complexity index is 1160. The first-order valence-corrected chi connectivity index (χ1v) is 14.4. The van der Waals surface area contributed by atoms with E-state index in [-0.39, 0.29) is 36.2 Å². The molecule has 0 aromatic heterocycles. The van der Waals surface area contributed by atoms with E-state index in [0.29, 0.717) is 12.0 Å². The molecule has 0 fully saturated rings. The van der Waals surface area contributed by atoms with E-state index in [4.69, 9.17) is 9.47 Å². The molecule has 0 saturated carbocycles. The van der Waals surface area contributed by atoms with Gasteiger partial charge in [-0.2, -0.15) is 57.1 Å². The SMILES string of the molecule is C[C@H](/C=C/C[C@@H](C)C=O)C/C=C/[C@H](C)[C@@H](C)OCc1ccc(OCCCC(F)(F)C(F)(F)C(F)(F)C(F)(F)C(F)(F)C(F)(F)F)cc1. The number of halogens is 13. The molecule has 16 heteroatoms. The van der Waals surface area contributed by atoms with E-state index in [1.165, 1.54) is 24.3 Å². The predicted molar refractivity (Wildman–Crippen MR) is 147 cm³/mol. The summed E-state index contributed by atoms with van der Waals surface area (Å²) in [6.07, 6.45) is -0.741. The topological polar surface area (TPSA) is 35.5 Å². The number of rotatable bonds is 20. The van der Waals surface area contributed by atoms with E-state index >= 15 is 0 Å². The number of hydrogen-bond acceptors (Lipinski definition) is 3. The summed E-state index contributed by atoms with van der Waals surface area (Å²) < 4.78 is 183. The van der Waals surface area contributed by atoms with Crippen molar-refractivity contribution < 1.29 is 71.3 Å². The molecule has 4 atom stereocenters. The highest BCUT2D eigenvalue weighted by atomic mass is 19.4. The maximum absolute atomic E-state index is 13.9. The summed E-state index contributed by atoms with van der Waals surface area (Å²) in [5.74, 6) is -36.6. The number of alkyl halides is 13. The van der Waals surface area contributed by atoms with Crippen LogP contribution in [0.4, 0.5) is 57.1 Å². The number of ether oxygens (including phenoxy) is 2. The maximum atomic E-state index is 13.9. The number of hydrogen-bond donors (Lipinski definition) is 0. The summed E-state index contributed by atoms with van der Waals surface area (Å²) >= 11 is 0. The van der Waals surface area contributed by atoms with Gasteiger partial charge in [0.2, 0.25) is 0 Å². The van der Waals surface area contributed by atoms with Crippen molar-refractivity contribution in [1.29, 1.82) is 0 Å². The molecule has 0 N–H and O–H groups in total. The highest BCUT2D eigenvalue weighted by Gasteiger charge is 2.90. The molecule has 0 saturated heterocycles. The van der Waals surface area contributed by atoms with E-state index in [2.05, 4.69) is 0 Å². The molecular weight excluding hydrogens is 667 g/mol. The number of carbonyl (C=O) groups is 1. The summed E-state index contributed by atoms with van der Waals surface area (Å²) in [6.45, 7) is 6.99. The van der Waals surface area contributed by atoms with Crippen LogP contribution in [-0.2, 0) is 16.1 Å². The van der Waals surface area contributed by atoms with Crippen LogP contribution >= 0.6 is 0 Å². The molecule has 0 aliphatic carbocycles. The Labute approximate surface area is 264 Å². The van der Waals surface area contributed by atoms with Crippen LogP contribution in [0.25, 0.3) is 0 Å². The summed E-state index contributed by atoms with van der Waals surface area (Å²) in [4.78, 5) is 10.7. The standard InChI is InChI=1S/C31H37F13O3/c1-20(8-5-10-21(2)18-45)9-6-11-22(3)23(4)47-19-24-12-14-25(15-13-24)46-17-7-16-26(32,33)27(34,35)28(36,37)29(38,39)30(40,41)31(42,43)44/h5-6,8,11-15,18,20-23H,7,9-10,16-17,19H2,1-4H3/b8-5+,11-6+/t20-,21-,22+,23-/m1/s1. The minimum Gasteiger partial charge on any atom is -0.494 e. The van der Waals surface area contributed by atoms with Crippen molar-refractivity contribution in [2.45, 2.75) is 102 Å². The smallest absolute Gasteiger partial charge is 0.460 e. The molecule has 47 heavy (non-hydrogen) atoms. The van der Waals surface area contributed by atoms with Crippen LogP contribution in [0.15, 0.2) is 48.6 Å². The Kier molecular flexibility index (Phi) is 14.9. The van der Waals surface area contributed by atoms with E-state index in [0.717, 1.165) is 12.7 Å². The van der Waals surface area contributed by atoms with Crippen molar-refractivity contribution in [2.24, 2.45) is 17.8 Å². The fraction of sp³-hybridized carbons (Fsp3) is 0.645. The van der Waals surface area contributed by atoms with Gasteiger partial charge >= 0.3 is 35.8 Å². The molecule has 0 spiro atoms. The zero-order valence-corrected chi connectivity index (χ0v) is 25.9. The van der Waals surface area contributed by atoms with Gasteiger partial charge in [0.25, 0.3) is 0 Å². The minimum absolute atomic E-state index is 0.00125. The first kappa shape index (κ1) is 42.2. The van der Waals surface area contributed by atoms with Crippen LogP contribution in [0.3, 0.4) is 0 Å². The van der Waals surface area contributed by atoms with Gasteiger partial charge in [-0.15, -0.1) is 0 Å². The molecule has 0 amide bonds. The molecule has 0 aliphatic heterocycles. The average Bonchev–Trinajstić information content (AvgIpc) is 2.97. The van der Waals surface area contributed by atoms with Crippen molar-refractivity contribution in [2.75, 3.05) is 6.61 Å². The molecule has 0 bridgehead atoms. The molecule has 1 aromatic rings. The van der Waals surface area contributed by atoms with Crippen molar-refractivity contribution >= 4 is 6.29 Å². The van der Waals surface area contributed by atoms with Crippen molar-refractivity contribution in [3.63, 3.8) is 0 Å². The highest BCUT2D eigenvalue weighted by molar-refractivity contribution is 5.52. The summed E-state index contributed by atoms with van der Waals surface area (Å²) in [6, 6.07) is 5.68. The van der Waals surface area contributed by atoms with Gasteiger partial charge in [-0.25, -0.2) is 0 Å². The van der Waals surface area contributed by atoms with Crippen LogP contribution < -0.4 is 4.74 Å². The molecule has 0 radical (unpaired) electrons. The van der Waals surface area contributed by atoms with Gasteiger partial charge in [0.1, 0.15) is 12.0 Å². The van der Waals surface area contributed by atoms with Crippen LogP contribution in [0, 0.1) is 17.8 Å². The highest BCUT2D eigenvalue weighted by Crippen LogP contribution is 2.60. The van der Waals surface area contributed by atoms with Crippen LogP contribution in [0.2, 0.25) is 0 Å². The van der Waals surface area contributed by atoms with E-state index in [9.17, 15) is 61.9 Å². The quantitative estimate of drug-likeness (QED) is 0.0587. The first-order chi connectivity index (χ1) is 21.4. The van der Waals surface area contributed by atoms with E-state index in [1.54, 1.807) is 0 Å². The third-order valence-corrected chi connectivity index (χ3v) is 7.23. The fourth-order valence-corrected chi connectivity index (χ4v) is 3.83. The van der Waals surface area contributed by atoms with Crippen LogP contribution in [0.5, 0.6) is 5.75 Å². The molecule has 0 heterocycles. The molecule has 270 valence electrons. The fourth-order valence-electron chi connectivity index (χ4n) is 3.83. The van der Waals surface area contributed by atoms with Gasteiger partial charge in [-0.3, -0.25) is 0 Å². The Morgan fingerprint density at radius 3 is 1.72 bits per heavy atom. The van der Waals surface area contributed by atoms with Crippen molar-refractivity contribution in [3.8, 4) is 5.75 Å². The molecular formula is C31H37F13O3. The van der Waals surface area contributed by atoms with Gasteiger partial charge in [-0.05, 0) is 55.7 Å². The summed E-state index contributed by atoms with van der Waals surface area (Å²) in [5.41, 5.74) is 0.647. The second-order valence-electron chi connectivity index (χ2n) is 11.4. The third kappa shape index (κ3) is 10.6. The lowest BCUT2D eigenvalue weighted by atomic mass is 9.92. The Hall–Kier alpha value is -2.78. The summed E-state index contributed by atoms with van der Waals surface area (Å²) in [5, 5.41) is 0. The zero-order valence-electron chi connectivity index (χ0n) is 25.9. The van der Waals surface area contributed by atoms with Gasteiger partial charge < -0.3 is 14.3 Å². The van der Waals surface area contributed by atoms with Crippen LogP contribution in [0.1, 0.15) is 58.9 Å². The molecule has 1 aromatic carbocycles. The zero-order chi connectivity index (χ0) is 36.5. The summed E-state index contributed by atoms with van der Waals surface area (Å²) in [7, 11) is 0. The van der Waals surface area contributed by atoms with Gasteiger partial charge in [0, 0.05) is 12.3 Å². The monoisotopic (exact) mass is 704 g/mol. The number of carbonyl (C=O) groups excluding carboxylic acids is 1. The largest absolute Gasteiger partial charge is 0.494 e. The molecule has 0 unspecified atom stereocenters. The normalized spacial score (nSPS) is 16.8. The van der Waals surface area contributed by atoms with Gasteiger partial charge in [0.05, 0.1) is 19.3 Å². The number of allylic oxidation sites excluding steroid dienone is 3.